The molecule has 0 aliphatic heterocycles. The Hall–Kier alpha value is -2.17. The zero-order valence-electron chi connectivity index (χ0n) is 12.2. The van der Waals surface area contributed by atoms with Crippen molar-refractivity contribution in [3.8, 4) is 0 Å². The molecule has 0 spiro atoms. The van der Waals surface area contributed by atoms with Crippen molar-refractivity contribution in [2.75, 3.05) is 4.90 Å². The van der Waals surface area contributed by atoms with E-state index in [1.54, 1.807) is 0 Å². The molecular weight excluding hydrogens is 331 g/mol. The fraction of sp³-hybridized carbons (Fsp3) is 0.118. The Bertz CT molecular complexity index is 725. The molecule has 0 bridgehead atoms. The summed E-state index contributed by atoms with van der Waals surface area (Å²) in [5.74, 6) is 0.527. The third-order valence-corrected chi connectivity index (χ3v) is 3.74. The summed E-state index contributed by atoms with van der Waals surface area (Å²) < 4.78 is 0. The Morgan fingerprint density at radius 1 is 0.739 bits per heavy atom. The van der Waals surface area contributed by atoms with Gasteiger partial charge in [0.2, 0.25) is 5.28 Å². The fourth-order valence-electron chi connectivity index (χ4n) is 2.30. The molecule has 0 saturated heterocycles. The molecule has 2 aromatic carbocycles. The first kappa shape index (κ1) is 15.7. The molecule has 1 heterocycles. The molecule has 4 nitrogen and oxygen atoms in total. The maximum atomic E-state index is 6.19. The average molecular weight is 345 g/mol. The zero-order valence-corrected chi connectivity index (χ0v) is 13.7. The van der Waals surface area contributed by atoms with Crippen LogP contribution in [0.2, 0.25) is 10.4 Å². The number of rotatable bonds is 5. The molecule has 0 fully saturated rings. The van der Waals surface area contributed by atoms with Gasteiger partial charge in [0, 0.05) is 13.1 Å². The predicted octanol–water partition coefficient (Wildman–Crippen LogP) is 4.39. The number of halogens is 2. The first-order valence-corrected chi connectivity index (χ1v) is 7.86. The predicted molar refractivity (Wildman–Crippen MR) is 92.6 cm³/mol. The van der Waals surface area contributed by atoms with Gasteiger partial charge >= 0.3 is 0 Å². The van der Waals surface area contributed by atoms with Crippen LogP contribution in [0.1, 0.15) is 11.1 Å². The van der Waals surface area contributed by atoms with E-state index in [1.165, 1.54) is 0 Å². The second kappa shape index (κ2) is 7.40. The monoisotopic (exact) mass is 344 g/mol. The van der Waals surface area contributed by atoms with Crippen LogP contribution in [0, 0.1) is 0 Å². The van der Waals surface area contributed by atoms with E-state index in [1.807, 2.05) is 41.3 Å². The van der Waals surface area contributed by atoms with Crippen molar-refractivity contribution in [3.63, 3.8) is 0 Å². The minimum Gasteiger partial charge on any atom is -0.345 e. The van der Waals surface area contributed by atoms with E-state index in [2.05, 4.69) is 39.4 Å². The lowest BCUT2D eigenvalue weighted by molar-refractivity contribution is 0.770. The molecule has 3 aromatic rings. The summed E-state index contributed by atoms with van der Waals surface area (Å²) in [4.78, 5) is 6.29. The lowest BCUT2D eigenvalue weighted by Gasteiger charge is -2.24. The Morgan fingerprint density at radius 3 is 1.78 bits per heavy atom. The molecule has 0 unspecified atom stereocenters. The Labute approximate surface area is 144 Å². The Kier molecular flexibility index (Phi) is 5.05. The van der Waals surface area contributed by atoms with Gasteiger partial charge in [-0.15, -0.1) is 10.2 Å². The van der Waals surface area contributed by atoms with Gasteiger partial charge in [0.15, 0.2) is 11.0 Å². The molecule has 0 aliphatic carbocycles. The number of benzene rings is 2. The second-order valence-electron chi connectivity index (χ2n) is 5.02. The van der Waals surface area contributed by atoms with Gasteiger partial charge in [0.1, 0.15) is 0 Å². The van der Waals surface area contributed by atoms with Crippen molar-refractivity contribution < 1.29 is 0 Å². The summed E-state index contributed by atoms with van der Waals surface area (Å²) in [7, 11) is 0. The van der Waals surface area contributed by atoms with Crippen molar-refractivity contribution >= 4 is 29.0 Å². The minimum atomic E-state index is 0.0792. The van der Waals surface area contributed by atoms with Crippen molar-refractivity contribution in [2.45, 2.75) is 13.1 Å². The number of hydrogen-bond donors (Lipinski definition) is 0. The van der Waals surface area contributed by atoms with Crippen LogP contribution in [-0.4, -0.2) is 15.2 Å². The van der Waals surface area contributed by atoms with Gasteiger partial charge in [0.05, 0.1) is 0 Å². The second-order valence-corrected chi connectivity index (χ2v) is 5.72. The fourth-order valence-corrected chi connectivity index (χ4v) is 2.62. The lowest BCUT2D eigenvalue weighted by atomic mass is 10.1. The van der Waals surface area contributed by atoms with Crippen LogP contribution in [0.4, 0.5) is 5.82 Å². The highest BCUT2D eigenvalue weighted by atomic mass is 35.5. The summed E-state index contributed by atoms with van der Waals surface area (Å²) in [6.45, 7) is 1.29. The van der Waals surface area contributed by atoms with Crippen LogP contribution in [0.3, 0.4) is 0 Å². The molecule has 0 aliphatic rings. The SMILES string of the molecule is Clc1nnc(Cl)c(N(Cc2ccccc2)Cc2ccccc2)n1. The van der Waals surface area contributed by atoms with Crippen LogP contribution < -0.4 is 4.90 Å². The van der Waals surface area contributed by atoms with Gasteiger partial charge in [-0.25, -0.2) is 0 Å². The summed E-state index contributed by atoms with van der Waals surface area (Å²) in [5.41, 5.74) is 2.29. The zero-order chi connectivity index (χ0) is 16.1. The maximum Gasteiger partial charge on any atom is 0.245 e. The number of anilines is 1. The van der Waals surface area contributed by atoms with Gasteiger partial charge in [-0.1, -0.05) is 72.3 Å². The number of hydrogen-bond acceptors (Lipinski definition) is 4. The maximum absolute atomic E-state index is 6.19. The number of aromatic nitrogens is 3. The quantitative estimate of drug-likeness (QED) is 0.688. The van der Waals surface area contributed by atoms with Gasteiger partial charge in [-0.3, -0.25) is 0 Å². The standard InChI is InChI=1S/C17H14Cl2N4/c18-15-16(20-17(19)22-21-15)23(11-13-7-3-1-4-8-13)12-14-9-5-2-6-10-14/h1-10H,11-12H2. The Morgan fingerprint density at radius 2 is 1.26 bits per heavy atom. The first-order chi connectivity index (χ1) is 11.2. The van der Waals surface area contributed by atoms with Crippen LogP contribution in [-0.2, 0) is 13.1 Å². The third kappa shape index (κ3) is 4.18. The molecule has 1 aromatic heterocycles. The molecule has 0 radical (unpaired) electrons. The highest BCUT2D eigenvalue weighted by molar-refractivity contribution is 6.32. The normalized spacial score (nSPS) is 10.5. The first-order valence-electron chi connectivity index (χ1n) is 7.11. The van der Waals surface area contributed by atoms with Gasteiger partial charge in [-0.05, 0) is 22.7 Å². The minimum absolute atomic E-state index is 0.0792. The summed E-state index contributed by atoms with van der Waals surface area (Å²) in [6.07, 6.45) is 0. The third-order valence-electron chi connectivity index (χ3n) is 3.34. The highest BCUT2D eigenvalue weighted by Gasteiger charge is 2.16. The lowest BCUT2D eigenvalue weighted by Crippen LogP contribution is -2.24. The van der Waals surface area contributed by atoms with Crippen LogP contribution in [0.5, 0.6) is 0 Å². The number of nitrogens with zero attached hydrogens (tertiary/aromatic N) is 4. The molecule has 0 saturated carbocycles. The summed E-state index contributed by atoms with van der Waals surface area (Å²) >= 11 is 12.1. The van der Waals surface area contributed by atoms with E-state index in [0.717, 1.165) is 11.1 Å². The van der Waals surface area contributed by atoms with Crippen LogP contribution in [0.15, 0.2) is 60.7 Å². The smallest absolute Gasteiger partial charge is 0.245 e. The largest absolute Gasteiger partial charge is 0.345 e. The van der Waals surface area contributed by atoms with E-state index >= 15 is 0 Å². The van der Waals surface area contributed by atoms with Crippen molar-refractivity contribution in [1.29, 1.82) is 0 Å². The van der Waals surface area contributed by atoms with Gasteiger partial charge < -0.3 is 4.90 Å². The molecular formula is C17H14Cl2N4. The molecule has 0 N–H and O–H groups in total. The van der Waals surface area contributed by atoms with Crippen molar-refractivity contribution in [2.24, 2.45) is 0 Å². The van der Waals surface area contributed by atoms with Gasteiger partial charge in [0.25, 0.3) is 0 Å². The van der Waals surface area contributed by atoms with Gasteiger partial charge in [-0.2, -0.15) is 4.98 Å². The highest BCUT2D eigenvalue weighted by Crippen LogP contribution is 2.25. The molecule has 6 heteroatoms. The van der Waals surface area contributed by atoms with E-state index in [0.29, 0.717) is 18.9 Å². The molecule has 23 heavy (non-hydrogen) atoms. The Balaban J connectivity index is 1.94. The molecule has 116 valence electrons. The van der Waals surface area contributed by atoms with Crippen LogP contribution >= 0.6 is 23.2 Å². The van der Waals surface area contributed by atoms with E-state index < -0.39 is 0 Å². The van der Waals surface area contributed by atoms with Crippen molar-refractivity contribution in [3.05, 3.63) is 82.2 Å². The summed E-state index contributed by atoms with van der Waals surface area (Å²) in [5, 5.41) is 7.86. The average Bonchev–Trinajstić information content (AvgIpc) is 2.58. The van der Waals surface area contributed by atoms with Crippen LogP contribution in [0.25, 0.3) is 0 Å². The van der Waals surface area contributed by atoms with Crippen molar-refractivity contribution in [1.82, 2.24) is 15.2 Å². The molecule has 3 rings (SSSR count). The summed E-state index contributed by atoms with van der Waals surface area (Å²) in [6, 6.07) is 20.2. The van der Waals surface area contributed by atoms with E-state index in [4.69, 9.17) is 23.2 Å². The molecule has 0 atom stereocenters. The van der Waals surface area contributed by atoms with E-state index in [9.17, 15) is 0 Å². The topological polar surface area (TPSA) is 41.9 Å². The molecule has 0 amide bonds. The van der Waals surface area contributed by atoms with E-state index in [-0.39, 0.29) is 10.4 Å².